The fraction of sp³-hybridized carbons (Fsp3) is 0.121. The number of hydrogen-bond donors (Lipinski definition) is 0. The van der Waals surface area contributed by atoms with Gasteiger partial charge in [0, 0.05) is 18.6 Å². The average molecular weight is 1110 g/mol. The summed E-state index contributed by atoms with van der Waals surface area (Å²) < 4.78 is 15.0. The summed E-state index contributed by atoms with van der Waals surface area (Å²) in [6.45, 7) is 6.37. The summed E-state index contributed by atoms with van der Waals surface area (Å²) in [4.78, 5) is 13.9. The van der Waals surface area contributed by atoms with Gasteiger partial charge in [-0.25, -0.2) is 4.39 Å². The first kappa shape index (κ1) is 49.1. The summed E-state index contributed by atoms with van der Waals surface area (Å²) in [5, 5.41) is 9.45. The molecule has 4 nitrogen and oxygen atoms in total. The molecule has 0 aliphatic rings. The molecule has 0 atom stereocenters. The van der Waals surface area contributed by atoms with E-state index in [1.807, 2.05) is 80.1 Å². The Morgan fingerprint density at radius 2 is 1.07 bits per heavy atom. The summed E-state index contributed by atoms with van der Waals surface area (Å²) in [5.74, 6) is -0.395. The number of hydrogen-bond acceptors (Lipinski definition) is 4. The van der Waals surface area contributed by atoms with Crippen LogP contribution in [0.5, 0.6) is 0 Å². The minimum atomic E-state index is -0.522. The molecule has 72 heavy (non-hydrogen) atoms. The third kappa shape index (κ3) is 11.1. The number of halogens is 1. The largest absolute Gasteiger partial charge is 3.00 e. The molecule has 0 spiro atoms. The summed E-state index contributed by atoms with van der Waals surface area (Å²) in [7, 11) is 0. The average Bonchev–Trinajstić information content (AvgIpc) is 3.42. The molecule has 0 aliphatic heterocycles. The fourth-order valence-electron chi connectivity index (χ4n) is 9.31. The second kappa shape index (κ2) is 22.4. The van der Waals surface area contributed by atoms with Gasteiger partial charge in [-0.15, -0.1) is 94.5 Å². The number of aromatic nitrogens is 3. The third-order valence-corrected chi connectivity index (χ3v) is 13.1. The first-order valence-corrected chi connectivity index (χ1v) is 24.2. The molecule has 0 amide bonds. The molecule has 0 aliphatic carbocycles. The second-order valence-electron chi connectivity index (χ2n) is 18.4. The summed E-state index contributed by atoms with van der Waals surface area (Å²) in [6.07, 6.45) is 8.97. The van der Waals surface area contributed by atoms with E-state index >= 15 is 4.39 Å². The minimum Gasteiger partial charge on any atom is -0.305 e. The molecule has 0 saturated heterocycles. The van der Waals surface area contributed by atoms with Gasteiger partial charge in [0.1, 0.15) is 11.9 Å². The molecule has 0 fully saturated rings. The number of rotatable bonds is 14. The molecule has 0 N–H and O–H groups in total. The van der Waals surface area contributed by atoms with Crippen LogP contribution in [0.25, 0.3) is 78.3 Å². The van der Waals surface area contributed by atoms with E-state index in [1.165, 1.54) is 28.3 Å². The number of nitriles is 1. The normalized spacial score (nSPS) is 11.0. The SMILES string of the molecule is Cc1ccc(-c2[c-]cc(-c3ccccc3-c3cc(CCc4c[c-]c(-c5ccccn5)cc4)cc(CCc4c[c-]c(-c5ccccn5)cc4)c3)c(-c3ccc(-c4ccc(C#N)c(F)c4)c(C(C)C)c3)c2)nc1.[Ir+3]. The van der Waals surface area contributed by atoms with Crippen LogP contribution in [0.4, 0.5) is 4.39 Å². The Kier molecular flexibility index (Phi) is 15.3. The van der Waals surface area contributed by atoms with E-state index in [0.717, 1.165) is 115 Å². The number of aryl methyl sites for hydroxylation is 5. The van der Waals surface area contributed by atoms with E-state index in [1.54, 1.807) is 6.07 Å². The molecule has 10 aromatic rings. The van der Waals surface area contributed by atoms with Crippen LogP contribution in [0, 0.1) is 42.3 Å². The van der Waals surface area contributed by atoms with Gasteiger partial charge in [-0.2, -0.15) is 5.26 Å². The van der Waals surface area contributed by atoms with Crippen LogP contribution >= 0.6 is 0 Å². The molecule has 7 aromatic carbocycles. The molecule has 0 bridgehead atoms. The van der Waals surface area contributed by atoms with Crippen LogP contribution in [-0.2, 0) is 45.8 Å². The number of nitrogens with zero attached hydrogens (tertiary/aromatic N) is 4. The molecule has 10 rings (SSSR count). The van der Waals surface area contributed by atoms with Gasteiger partial charge < -0.3 is 15.0 Å². The predicted molar refractivity (Wildman–Crippen MR) is 286 cm³/mol. The molecule has 3 aromatic heterocycles. The van der Waals surface area contributed by atoms with Gasteiger partial charge in [-0.3, -0.25) is 0 Å². The van der Waals surface area contributed by atoms with Gasteiger partial charge in [0.15, 0.2) is 0 Å². The van der Waals surface area contributed by atoms with Gasteiger partial charge in [0.2, 0.25) is 0 Å². The van der Waals surface area contributed by atoms with Crippen molar-refractivity contribution in [3.8, 4) is 84.3 Å². The van der Waals surface area contributed by atoms with E-state index in [9.17, 15) is 5.26 Å². The number of pyridine rings is 3. The Morgan fingerprint density at radius 3 is 1.62 bits per heavy atom. The van der Waals surface area contributed by atoms with Gasteiger partial charge in [0.05, 0.1) is 5.56 Å². The summed E-state index contributed by atoms with van der Waals surface area (Å²) in [6, 6.07) is 72.8. The van der Waals surface area contributed by atoms with Crippen molar-refractivity contribution in [1.82, 2.24) is 15.0 Å². The Morgan fingerprint density at radius 1 is 0.486 bits per heavy atom. The Hall–Kier alpha value is -7.94. The third-order valence-electron chi connectivity index (χ3n) is 13.1. The van der Waals surface area contributed by atoms with E-state index < -0.39 is 5.82 Å². The zero-order valence-corrected chi connectivity index (χ0v) is 42.8. The minimum absolute atomic E-state index is 0. The van der Waals surface area contributed by atoms with Crippen molar-refractivity contribution in [3.05, 3.63) is 257 Å². The molecular weight excluding hydrogens is 1060 g/mol. The first-order chi connectivity index (χ1) is 34.8. The van der Waals surface area contributed by atoms with Gasteiger partial charge in [-0.05, 0) is 117 Å². The van der Waals surface area contributed by atoms with Crippen LogP contribution in [0.15, 0.2) is 195 Å². The molecule has 3 heterocycles. The molecule has 0 saturated carbocycles. The van der Waals surface area contributed by atoms with E-state index in [-0.39, 0.29) is 31.6 Å². The molecule has 350 valence electrons. The van der Waals surface area contributed by atoms with Crippen LogP contribution in [0.2, 0.25) is 0 Å². The quantitative estimate of drug-likeness (QED) is 0.102. The van der Waals surface area contributed by atoms with Crippen molar-refractivity contribution in [3.63, 3.8) is 0 Å². The molecule has 0 radical (unpaired) electrons. The zero-order valence-electron chi connectivity index (χ0n) is 40.4. The predicted octanol–water partition coefficient (Wildman–Crippen LogP) is 16.0. The van der Waals surface area contributed by atoms with Crippen LogP contribution < -0.4 is 0 Å². The van der Waals surface area contributed by atoms with Crippen molar-refractivity contribution in [2.45, 2.75) is 52.4 Å². The fourth-order valence-corrected chi connectivity index (χ4v) is 9.31. The van der Waals surface area contributed by atoms with Crippen molar-refractivity contribution >= 4 is 0 Å². The van der Waals surface area contributed by atoms with E-state index in [2.05, 4.69) is 157 Å². The van der Waals surface area contributed by atoms with Crippen LogP contribution in [-0.4, -0.2) is 15.0 Å². The van der Waals surface area contributed by atoms with Crippen molar-refractivity contribution in [2.75, 3.05) is 0 Å². The van der Waals surface area contributed by atoms with Gasteiger partial charge in [0.25, 0.3) is 0 Å². The zero-order chi connectivity index (χ0) is 48.7. The van der Waals surface area contributed by atoms with Crippen molar-refractivity contribution < 1.29 is 24.5 Å². The molecule has 6 heteroatoms. The Bertz CT molecular complexity index is 3410. The molecular formula is C66H50FIrN4. The van der Waals surface area contributed by atoms with Crippen molar-refractivity contribution in [1.29, 1.82) is 5.26 Å². The summed E-state index contributed by atoms with van der Waals surface area (Å²) in [5.41, 5.74) is 20.9. The maximum Gasteiger partial charge on any atom is 3.00 e. The van der Waals surface area contributed by atoms with Crippen molar-refractivity contribution in [2.24, 2.45) is 0 Å². The van der Waals surface area contributed by atoms with Crippen LogP contribution in [0.1, 0.15) is 58.7 Å². The summed E-state index contributed by atoms with van der Waals surface area (Å²) >= 11 is 0. The van der Waals surface area contributed by atoms with Gasteiger partial charge in [-0.1, -0.05) is 147 Å². The second-order valence-corrected chi connectivity index (χ2v) is 18.4. The first-order valence-electron chi connectivity index (χ1n) is 24.2. The topological polar surface area (TPSA) is 62.5 Å². The van der Waals surface area contributed by atoms with E-state index in [4.69, 9.17) is 4.98 Å². The van der Waals surface area contributed by atoms with Gasteiger partial charge >= 0.3 is 20.1 Å². The van der Waals surface area contributed by atoms with Crippen LogP contribution in [0.3, 0.4) is 0 Å². The van der Waals surface area contributed by atoms with E-state index in [0.29, 0.717) is 0 Å². The maximum absolute atomic E-state index is 15.0. The Labute approximate surface area is 436 Å². The molecule has 0 unspecified atom stereocenters. The monoisotopic (exact) mass is 1110 g/mol. The maximum atomic E-state index is 15.0. The standard InChI is InChI=1S/C66H50FN4.Ir/c1-44(2)61-39-52(29-31-58(61)53-27-28-55(42-68)63(67)41-53)62-40-54(66-33-14-45(3)43-71-66)30-32-60(62)59-11-5-4-10-57(59)56-37-48(17-15-46-19-23-50(24-20-46)64-12-6-8-34-69-64)36-49(38-56)18-16-47-21-25-51(26-22-47)65-13-7-9-35-70-65;/h4-14,19-23,25,27-29,31-41,43-44H,15-18H2,1-3H3;/q-3;+3. The smallest absolute Gasteiger partial charge is 0.305 e. The Balaban J connectivity index is 0.00000640. The number of benzene rings is 7.